The van der Waals surface area contributed by atoms with E-state index in [1.54, 1.807) is 11.8 Å². The summed E-state index contributed by atoms with van der Waals surface area (Å²) in [7, 11) is 0. The molecular weight excluding hydrogens is 364 g/mol. The van der Waals surface area contributed by atoms with Gasteiger partial charge in [0.1, 0.15) is 0 Å². The average Bonchev–Trinajstić information content (AvgIpc) is 2.99. The molecule has 0 fully saturated rings. The number of carbonyl (C=O) groups excluding carboxylic acids is 1. The first kappa shape index (κ1) is 18.8. The number of anilines is 1. The molecular formula is C17H19ClN2O2S2. The summed E-state index contributed by atoms with van der Waals surface area (Å²) in [5.74, 6) is 0.776. The average molecular weight is 383 g/mol. The first-order chi connectivity index (χ1) is 11.2. The summed E-state index contributed by atoms with van der Waals surface area (Å²) in [6.07, 6.45) is 0.824. The molecule has 7 heteroatoms. The Bertz CT molecular complexity index is 719. The Morgan fingerprint density at radius 1 is 1.33 bits per heavy atom. The molecule has 0 saturated carbocycles. The molecule has 2 aromatic rings. The number of rotatable bonds is 5. The van der Waals surface area contributed by atoms with Gasteiger partial charge >= 0.3 is 0 Å². The first-order valence-electron chi connectivity index (χ1n) is 7.51. The molecule has 0 saturated heterocycles. The Balaban J connectivity index is 0.00000208. The smallest absolute Gasteiger partial charge is 0.237 e. The molecule has 1 aromatic heterocycles. The van der Waals surface area contributed by atoms with Gasteiger partial charge in [0, 0.05) is 6.54 Å². The normalized spacial score (nSPS) is 13.2. The zero-order valence-corrected chi connectivity index (χ0v) is 15.7. The molecule has 3 rings (SSSR count). The topological polar surface area (TPSA) is 53.4 Å². The number of carbonyl (C=O) groups is 1. The lowest BCUT2D eigenvalue weighted by molar-refractivity contribution is -0.116. The van der Waals surface area contributed by atoms with Crippen molar-refractivity contribution in [2.24, 2.45) is 0 Å². The van der Waals surface area contributed by atoms with Crippen LogP contribution in [0.15, 0.2) is 40.6 Å². The molecule has 1 aromatic carbocycles. The summed E-state index contributed by atoms with van der Waals surface area (Å²) in [6.45, 7) is 3.01. The Morgan fingerprint density at radius 3 is 2.79 bits per heavy atom. The number of halogens is 1. The van der Waals surface area contributed by atoms with E-state index in [4.69, 9.17) is 10.1 Å². The molecule has 2 heterocycles. The largest absolute Gasteiger partial charge is 0.477 e. The van der Waals surface area contributed by atoms with Gasteiger partial charge in [0.05, 0.1) is 27.1 Å². The van der Waals surface area contributed by atoms with Gasteiger partial charge in [-0.1, -0.05) is 30.3 Å². The monoisotopic (exact) mass is 382 g/mol. The standard InChI is InChI=1S/C17H18N2O2S2.ClH/c1-2-21-16(18)14-10-13-17(23-14)22-11-15(20)19(13)9-8-12-6-4-3-5-7-12;/h3-7,10,18H,2,8-9,11H2,1H3;1H. The van der Waals surface area contributed by atoms with Gasteiger partial charge in [0.25, 0.3) is 0 Å². The highest BCUT2D eigenvalue weighted by Crippen LogP contribution is 2.42. The van der Waals surface area contributed by atoms with Crippen molar-refractivity contribution in [2.75, 3.05) is 23.8 Å². The van der Waals surface area contributed by atoms with Crippen LogP contribution in [-0.4, -0.2) is 30.7 Å². The lowest BCUT2D eigenvalue weighted by atomic mass is 10.1. The molecule has 128 valence electrons. The van der Waals surface area contributed by atoms with E-state index >= 15 is 0 Å². The number of benzene rings is 1. The number of ether oxygens (including phenoxy) is 1. The van der Waals surface area contributed by atoms with Crippen molar-refractivity contribution in [2.45, 2.75) is 17.6 Å². The minimum absolute atomic E-state index is 0. The van der Waals surface area contributed by atoms with Gasteiger partial charge in [0.15, 0.2) is 0 Å². The molecule has 0 spiro atoms. The molecule has 0 atom stereocenters. The molecule has 0 bridgehead atoms. The van der Waals surface area contributed by atoms with Gasteiger partial charge in [-0.25, -0.2) is 0 Å². The highest BCUT2D eigenvalue weighted by Gasteiger charge is 2.28. The van der Waals surface area contributed by atoms with Gasteiger partial charge in [-0.05, 0) is 25.0 Å². The summed E-state index contributed by atoms with van der Waals surface area (Å²) in [5.41, 5.74) is 2.14. The maximum absolute atomic E-state index is 12.3. The summed E-state index contributed by atoms with van der Waals surface area (Å²) in [5, 5.41) is 7.94. The Hall–Kier alpha value is -1.50. The number of thiophene rings is 1. The highest BCUT2D eigenvalue weighted by atomic mass is 35.5. The van der Waals surface area contributed by atoms with Crippen LogP contribution in [0.4, 0.5) is 5.69 Å². The van der Waals surface area contributed by atoms with Crippen LogP contribution in [0.2, 0.25) is 0 Å². The van der Waals surface area contributed by atoms with E-state index in [-0.39, 0.29) is 24.2 Å². The van der Waals surface area contributed by atoms with Crippen LogP contribution >= 0.6 is 35.5 Å². The van der Waals surface area contributed by atoms with Crippen LogP contribution in [0.1, 0.15) is 17.4 Å². The van der Waals surface area contributed by atoms with E-state index in [2.05, 4.69) is 12.1 Å². The Kier molecular flexibility index (Phi) is 6.71. The molecule has 1 aliphatic heterocycles. The van der Waals surface area contributed by atoms with Gasteiger partial charge in [-0.15, -0.1) is 35.5 Å². The third kappa shape index (κ3) is 4.12. The fourth-order valence-corrected chi connectivity index (χ4v) is 4.66. The third-order valence-corrected chi connectivity index (χ3v) is 5.96. The third-order valence-electron chi connectivity index (χ3n) is 3.58. The quantitative estimate of drug-likeness (QED) is 0.622. The highest BCUT2D eigenvalue weighted by molar-refractivity contribution is 8.02. The van der Waals surface area contributed by atoms with Crippen LogP contribution in [0.25, 0.3) is 0 Å². The number of thioether (sulfide) groups is 1. The van der Waals surface area contributed by atoms with E-state index in [0.29, 0.717) is 18.9 Å². The van der Waals surface area contributed by atoms with E-state index in [1.807, 2.05) is 36.1 Å². The lowest BCUT2D eigenvalue weighted by Gasteiger charge is -2.26. The SMILES string of the molecule is CCOC(=N)c1cc2c(s1)SCC(=O)N2CCc1ccccc1.Cl. The minimum Gasteiger partial charge on any atom is -0.477 e. The van der Waals surface area contributed by atoms with E-state index in [9.17, 15) is 4.79 Å². The van der Waals surface area contributed by atoms with Gasteiger partial charge < -0.3 is 9.64 Å². The summed E-state index contributed by atoms with van der Waals surface area (Å²) in [4.78, 5) is 14.9. The van der Waals surface area contributed by atoms with Crippen molar-refractivity contribution in [1.82, 2.24) is 0 Å². The van der Waals surface area contributed by atoms with Crippen LogP contribution < -0.4 is 4.90 Å². The number of hydrogen-bond donors (Lipinski definition) is 1. The van der Waals surface area contributed by atoms with Crippen molar-refractivity contribution in [1.29, 1.82) is 5.41 Å². The summed E-state index contributed by atoms with van der Waals surface area (Å²) in [6, 6.07) is 12.1. The van der Waals surface area contributed by atoms with Crippen LogP contribution in [0.3, 0.4) is 0 Å². The summed E-state index contributed by atoms with van der Waals surface area (Å²) < 4.78 is 6.37. The first-order valence-corrected chi connectivity index (χ1v) is 9.32. The van der Waals surface area contributed by atoms with Crippen LogP contribution in [0, 0.1) is 5.41 Å². The summed E-state index contributed by atoms with van der Waals surface area (Å²) >= 11 is 3.08. The van der Waals surface area contributed by atoms with Gasteiger partial charge in [0.2, 0.25) is 11.8 Å². The molecule has 1 amide bonds. The molecule has 24 heavy (non-hydrogen) atoms. The maximum atomic E-state index is 12.3. The second kappa shape index (κ2) is 8.55. The fourth-order valence-electron chi connectivity index (χ4n) is 2.45. The number of fused-ring (bicyclic) bond motifs is 1. The number of nitrogens with zero attached hydrogens (tertiary/aromatic N) is 1. The maximum Gasteiger partial charge on any atom is 0.237 e. The van der Waals surface area contributed by atoms with Gasteiger partial charge in [-0.2, -0.15) is 0 Å². The van der Waals surface area contributed by atoms with Crippen LogP contribution in [0.5, 0.6) is 0 Å². The predicted molar refractivity (Wildman–Crippen MR) is 103 cm³/mol. The zero-order valence-electron chi connectivity index (χ0n) is 13.3. The number of hydrogen-bond acceptors (Lipinski definition) is 5. The second-order valence-corrected chi connectivity index (χ2v) is 7.41. The molecule has 4 nitrogen and oxygen atoms in total. The number of nitrogens with one attached hydrogen (secondary N) is 1. The minimum atomic E-state index is 0. The number of amides is 1. The predicted octanol–water partition coefficient (Wildman–Crippen LogP) is 4.21. The van der Waals surface area contributed by atoms with E-state index < -0.39 is 0 Å². The fraction of sp³-hybridized carbons (Fsp3) is 0.294. The van der Waals surface area contributed by atoms with Crippen LogP contribution in [-0.2, 0) is 16.0 Å². The van der Waals surface area contributed by atoms with Crippen molar-refractivity contribution in [3.63, 3.8) is 0 Å². The van der Waals surface area contributed by atoms with Crippen molar-refractivity contribution >= 4 is 53.0 Å². The van der Waals surface area contributed by atoms with Crippen molar-refractivity contribution in [3.05, 3.63) is 46.8 Å². The van der Waals surface area contributed by atoms with Crippen molar-refractivity contribution < 1.29 is 9.53 Å². The lowest BCUT2D eigenvalue weighted by Crippen LogP contribution is -2.36. The Labute approximate surface area is 156 Å². The van der Waals surface area contributed by atoms with E-state index in [0.717, 1.165) is 21.2 Å². The van der Waals surface area contributed by atoms with Gasteiger partial charge in [-0.3, -0.25) is 10.2 Å². The molecule has 1 aliphatic rings. The molecule has 0 unspecified atom stereocenters. The molecule has 1 N–H and O–H groups in total. The zero-order chi connectivity index (χ0) is 16.2. The molecule has 0 radical (unpaired) electrons. The molecule has 0 aliphatic carbocycles. The Morgan fingerprint density at radius 2 is 2.08 bits per heavy atom. The second-order valence-electron chi connectivity index (χ2n) is 5.12. The van der Waals surface area contributed by atoms with E-state index in [1.165, 1.54) is 16.9 Å². The van der Waals surface area contributed by atoms with Crippen molar-refractivity contribution in [3.8, 4) is 0 Å².